The number of hydrogen-bond acceptors (Lipinski definition) is 4. The van der Waals surface area contributed by atoms with Crippen molar-refractivity contribution < 1.29 is 14.6 Å². The van der Waals surface area contributed by atoms with Crippen LogP contribution in [0.2, 0.25) is 0 Å². The molecule has 0 heterocycles. The third-order valence-electron chi connectivity index (χ3n) is 5.24. The maximum atomic E-state index is 12.8. The van der Waals surface area contributed by atoms with Crippen LogP contribution in [-0.2, 0) is 9.53 Å². The molecule has 1 unspecified atom stereocenters. The van der Waals surface area contributed by atoms with Gasteiger partial charge in [0.2, 0.25) is 0 Å². The van der Waals surface area contributed by atoms with Crippen LogP contribution in [-0.4, -0.2) is 47.8 Å². The summed E-state index contributed by atoms with van der Waals surface area (Å²) in [5.74, 6) is 5.26. The number of esters is 1. The lowest BCUT2D eigenvalue weighted by Gasteiger charge is -2.37. The van der Waals surface area contributed by atoms with Gasteiger partial charge in [-0.15, -0.1) is 0 Å². The van der Waals surface area contributed by atoms with Crippen molar-refractivity contribution in [3.05, 3.63) is 23.8 Å². The SMILES string of the molecule is CC=CC=C(C)C(O)(C(=O)OCC#CCN(CC)CC)C1CCCCC1. The minimum Gasteiger partial charge on any atom is -0.450 e. The fraction of sp³-hybridized carbons (Fsp3) is 0.682. The zero-order chi connectivity index (χ0) is 19.4. The van der Waals surface area contributed by atoms with Gasteiger partial charge in [-0.25, -0.2) is 4.79 Å². The van der Waals surface area contributed by atoms with E-state index in [1.54, 1.807) is 0 Å². The molecule has 0 spiro atoms. The van der Waals surface area contributed by atoms with Gasteiger partial charge < -0.3 is 9.84 Å². The molecular formula is C22H35NO3. The number of carbonyl (C=O) groups excluding carboxylic acids is 1. The number of aliphatic hydroxyl groups is 1. The van der Waals surface area contributed by atoms with Crippen LogP contribution < -0.4 is 0 Å². The fourth-order valence-electron chi connectivity index (χ4n) is 3.42. The molecule has 1 aliphatic rings. The van der Waals surface area contributed by atoms with E-state index in [0.717, 1.165) is 45.2 Å². The van der Waals surface area contributed by atoms with Crippen LogP contribution in [0.4, 0.5) is 0 Å². The van der Waals surface area contributed by atoms with E-state index in [4.69, 9.17) is 4.74 Å². The summed E-state index contributed by atoms with van der Waals surface area (Å²) in [4.78, 5) is 15.0. The van der Waals surface area contributed by atoms with E-state index in [-0.39, 0.29) is 12.5 Å². The largest absolute Gasteiger partial charge is 0.450 e. The van der Waals surface area contributed by atoms with Crippen molar-refractivity contribution in [2.24, 2.45) is 5.92 Å². The van der Waals surface area contributed by atoms with Gasteiger partial charge in [-0.2, -0.15) is 0 Å². The van der Waals surface area contributed by atoms with E-state index in [2.05, 4.69) is 30.6 Å². The summed E-state index contributed by atoms with van der Waals surface area (Å²) in [5.41, 5.74) is -0.913. The maximum Gasteiger partial charge on any atom is 0.343 e. The average Bonchev–Trinajstić information content (AvgIpc) is 2.68. The van der Waals surface area contributed by atoms with E-state index >= 15 is 0 Å². The zero-order valence-corrected chi connectivity index (χ0v) is 16.9. The number of carbonyl (C=O) groups is 1. The van der Waals surface area contributed by atoms with Gasteiger partial charge in [-0.3, -0.25) is 4.90 Å². The molecule has 0 aliphatic heterocycles. The van der Waals surface area contributed by atoms with Crippen LogP contribution in [0.3, 0.4) is 0 Å². The van der Waals surface area contributed by atoms with Gasteiger partial charge in [0.1, 0.15) is 0 Å². The summed E-state index contributed by atoms with van der Waals surface area (Å²) >= 11 is 0. The Balaban J connectivity index is 2.80. The number of allylic oxidation sites excluding steroid dienone is 3. The summed E-state index contributed by atoms with van der Waals surface area (Å²) in [5, 5.41) is 11.3. The van der Waals surface area contributed by atoms with Gasteiger partial charge in [-0.05, 0) is 45.4 Å². The highest BCUT2D eigenvalue weighted by molar-refractivity contribution is 5.84. The summed E-state index contributed by atoms with van der Waals surface area (Å²) in [7, 11) is 0. The predicted octanol–water partition coefficient (Wildman–Crippen LogP) is 3.71. The topological polar surface area (TPSA) is 49.8 Å². The highest BCUT2D eigenvalue weighted by Gasteiger charge is 2.46. The summed E-state index contributed by atoms with van der Waals surface area (Å²) < 4.78 is 5.36. The molecule has 26 heavy (non-hydrogen) atoms. The first kappa shape index (κ1) is 22.5. The molecule has 0 aromatic rings. The Morgan fingerprint density at radius 1 is 1.23 bits per heavy atom. The molecule has 1 aliphatic carbocycles. The molecule has 146 valence electrons. The third-order valence-corrected chi connectivity index (χ3v) is 5.24. The number of hydrogen-bond donors (Lipinski definition) is 1. The lowest BCUT2D eigenvalue weighted by Crippen LogP contribution is -2.49. The molecule has 0 aromatic carbocycles. The number of ether oxygens (including phenoxy) is 1. The van der Waals surface area contributed by atoms with E-state index in [1.165, 1.54) is 0 Å². The first-order chi connectivity index (χ1) is 12.5. The fourth-order valence-corrected chi connectivity index (χ4v) is 3.42. The van der Waals surface area contributed by atoms with Crippen LogP contribution in [0.15, 0.2) is 23.8 Å². The second kappa shape index (κ2) is 11.9. The molecule has 0 saturated heterocycles. The highest BCUT2D eigenvalue weighted by atomic mass is 16.5. The molecule has 1 atom stereocenters. The summed E-state index contributed by atoms with van der Waals surface area (Å²) in [6, 6.07) is 0. The Bertz CT molecular complexity index is 545. The molecule has 0 radical (unpaired) electrons. The second-order valence-electron chi connectivity index (χ2n) is 6.87. The monoisotopic (exact) mass is 361 g/mol. The van der Waals surface area contributed by atoms with Gasteiger partial charge in [0, 0.05) is 5.92 Å². The molecule has 1 fully saturated rings. The van der Waals surface area contributed by atoms with E-state index in [9.17, 15) is 9.90 Å². The molecular weight excluding hydrogens is 326 g/mol. The standard InChI is InChI=1S/C22H35NO3/c1-5-8-14-19(4)22(25,20-15-10-9-11-16-20)21(24)26-18-13-12-17-23(6-2)7-3/h5,8,14,20,25H,6-7,9-11,15-18H2,1-4H3. The molecule has 1 rings (SSSR count). The van der Waals surface area contributed by atoms with Crippen LogP contribution in [0, 0.1) is 17.8 Å². The minimum atomic E-state index is -1.56. The van der Waals surface area contributed by atoms with E-state index in [0.29, 0.717) is 12.1 Å². The molecule has 0 bridgehead atoms. The lowest BCUT2D eigenvalue weighted by molar-refractivity contribution is -0.166. The van der Waals surface area contributed by atoms with E-state index < -0.39 is 11.6 Å². The van der Waals surface area contributed by atoms with Gasteiger partial charge in [0.15, 0.2) is 12.2 Å². The van der Waals surface area contributed by atoms with Gasteiger partial charge >= 0.3 is 5.97 Å². The van der Waals surface area contributed by atoms with Crippen molar-refractivity contribution in [3.63, 3.8) is 0 Å². The van der Waals surface area contributed by atoms with Crippen LogP contribution >= 0.6 is 0 Å². The number of nitrogens with zero attached hydrogens (tertiary/aromatic N) is 1. The predicted molar refractivity (Wildman–Crippen MR) is 107 cm³/mol. The number of rotatable bonds is 8. The second-order valence-corrected chi connectivity index (χ2v) is 6.87. The molecule has 0 aromatic heterocycles. The Kier molecular flexibility index (Phi) is 10.3. The minimum absolute atomic E-state index is 0.0199. The summed E-state index contributed by atoms with van der Waals surface area (Å²) in [6.07, 6.45) is 10.5. The highest BCUT2D eigenvalue weighted by Crippen LogP contribution is 2.38. The van der Waals surface area contributed by atoms with Crippen molar-refractivity contribution in [3.8, 4) is 11.8 Å². The van der Waals surface area contributed by atoms with Crippen molar-refractivity contribution in [2.45, 2.75) is 65.4 Å². The van der Waals surface area contributed by atoms with Crippen LogP contribution in [0.25, 0.3) is 0 Å². The quantitative estimate of drug-likeness (QED) is 0.407. The Morgan fingerprint density at radius 2 is 1.88 bits per heavy atom. The van der Waals surface area contributed by atoms with Gasteiger partial charge in [0.05, 0.1) is 6.54 Å². The molecule has 4 nitrogen and oxygen atoms in total. The molecule has 0 amide bonds. The van der Waals surface area contributed by atoms with Crippen LogP contribution in [0.1, 0.15) is 59.8 Å². The van der Waals surface area contributed by atoms with Crippen molar-refractivity contribution in [2.75, 3.05) is 26.2 Å². The summed E-state index contributed by atoms with van der Waals surface area (Å²) in [6.45, 7) is 10.5. The molecule has 1 N–H and O–H groups in total. The molecule has 4 heteroatoms. The Hall–Kier alpha value is -1.57. The average molecular weight is 362 g/mol. The van der Waals surface area contributed by atoms with E-state index in [1.807, 2.05) is 32.1 Å². The first-order valence-corrected chi connectivity index (χ1v) is 9.88. The lowest BCUT2D eigenvalue weighted by atomic mass is 9.73. The van der Waals surface area contributed by atoms with Crippen molar-refractivity contribution in [1.29, 1.82) is 0 Å². The Morgan fingerprint density at radius 3 is 2.46 bits per heavy atom. The Labute approximate surface area is 159 Å². The first-order valence-electron chi connectivity index (χ1n) is 9.88. The molecule has 1 saturated carbocycles. The van der Waals surface area contributed by atoms with Gasteiger partial charge in [0.25, 0.3) is 0 Å². The van der Waals surface area contributed by atoms with Crippen molar-refractivity contribution >= 4 is 5.97 Å². The maximum absolute atomic E-state index is 12.8. The van der Waals surface area contributed by atoms with Crippen molar-refractivity contribution in [1.82, 2.24) is 4.90 Å². The zero-order valence-electron chi connectivity index (χ0n) is 16.9. The smallest absolute Gasteiger partial charge is 0.343 e. The van der Waals surface area contributed by atoms with Crippen LogP contribution in [0.5, 0.6) is 0 Å². The third kappa shape index (κ3) is 6.30. The normalized spacial score (nSPS) is 18.5. The van der Waals surface area contributed by atoms with Gasteiger partial charge in [-0.1, -0.05) is 63.2 Å².